The van der Waals surface area contributed by atoms with Gasteiger partial charge in [0, 0.05) is 11.8 Å². The molecule has 4 heterocycles. The minimum Gasteiger partial charge on any atom is -0.494 e. The number of carbonyl (C=O) groups is 2. The van der Waals surface area contributed by atoms with Gasteiger partial charge in [0.05, 0.1) is 34.4 Å². The predicted octanol–water partition coefficient (Wildman–Crippen LogP) is 5.36. The van der Waals surface area contributed by atoms with Gasteiger partial charge in [-0.2, -0.15) is 13.2 Å². The molecule has 0 radical (unpaired) electrons. The monoisotopic (exact) mass is 560 g/mol. The first-order valence-electron chi connectivity index (χ1n) is 12.8. The molecule has 1 aliphatic carbocycles. The van der Waals surface area contributed by atoms with Crippen molar-refractivity contribution < 1.29 is 47.2 Å². The maximum absolute atomic E-state index is 13.7. The second-order valence-electron chi connectivity index (χ2n) is 12.3. The summed E-state index contributed by atoms with van der Waals surface area (Å²) >= 11 is 0. The van der Waals surface area contributed by atoms with Gasteiger partial charge in [-0.05, 0) is 45.7 Å². The molecule has 1 saturated carbocycles. The number of ether oxygens (including phenoxy) is 3. The average Bonchev–Trinajstić information content (AvgIpc) is 3.49. The predicted molar refractivity (Wildman–Crippen MR) is 131 cm³/mol. The van der Waals surface area contributed by atoms with Gasteiger partial charge in [-0.15, -0.1) is 0 Å². The van der Waals surface area contributed by atoms with Gasteiger partial charge in [0.2, 0.25) is 17.4 Å². The molecule has 2 aromatic rings. The van der Waals surface area contributed by atoms with Crippen LogP contribution in [0.25, 0.3) is 10.5 Å². The summed E-state index contributed by atoms with van der Waals surface area (Å²) < 4.78 is 59.6. The molecule has 3 aliphatic heterocycles. The fourth-order valence-corrected chi connectivity index (χ4v) is 7.32. The number of alkyl halides is 3. The molecule has 12 heteroatoms. The van der Waals surface area contributed by atoms with E-state index in [0.29, 0.717) is 18.9 Å². The number of hydrogen-bond acceptors (Lipinski definition) is 7. The molecule has 40 heavy (non-hydrogen) atoms. The highest BCUT2D eigenvalue weighted by atomic mass is 19.4. The molecule has 4 aliphatic rings. The minimum absolute atomic E-state index is 0.0748. The van der Waals surface area contributed by atoms with E-state index in [1.54, 1.807) is 34.6 Å². The van der Waals surface area contributed by atoms with Crippen LogP contribution in [0.15, 0.2) is 18.2 Å². The van der Waals surface area contributed by atoms with Crippen molar-refractivity contribution in [2.75, 3.05) is 0 Å². The number of carbonyl (C=O) groups excluding carboxylic acids is 2. The average molecular weight is 561 g/mol. The van der Waals surface area contributed by atoms with Gasteiger partial charge in [0.25, 0.3) is 0 Å². The van der Waals surface area contributed by atoms with Crippen molar-refractivity contribution >= 4 is 17.6 Å². The molecule has 2 N–H and O–H groups in total. The molecule has 3 fully saturated rings. The van der Waals surface area contributed by atoms with Crippen LogP contribution in [0.4, 0.5) is 18.9 Å². The minimum atomic E-state index is -4.84. The molecule has 5 atom stereocenters. The third kappa shape index (κ3) is 2.81. The first-order chi connectivity index (χ1) is 18.4. The Morgan fingerprint density at radius 2 is 1.77 bits per heavy atom. The zero-order valence-corrected chi connectivity index (χ0v) is 22.4. The Bertz CT molecular complexity index is 1570. The molecular weight excluding hydrogens is 533 g/mol. The lowest BCUT2D eigenvalue weighted by Gasteiger charge is -2.37. The molecule has 1 aromatic carbocycles. The normalized spacial score (nSPS) is 35.0. The quantitative estimate of drug-likeness (QED) is 0.384. The molecule has 4 unspecified atom stereocenters. The number of rotatable bonds is 3. The second kappa shape index (κ2) is 7.32. The molecule has 212 valence electrons. The van der Waals surface area contributed by atoms with E-state index in [1.807, 2.05) is 0 Å². The van der Waals surface area contributed by atoms with Crippen LogP contribution in [-0.4, -0.2) is 38.4 Å². The maximum atomic E-state index is 13.7. The number of fused-ring (bicyclic) bond motifs is 7. The van der Waals surface area contributed by atoms with E-state index >= 15 is 0 Å². The Labute approximate surface area is 227 Å². The summed E-state index contributed by atoms with van der Waals surface area (Å²) in [6, 6.07) is 2.84. The smallest absolute Gasteiger partial charge is 0.407 e. The summed E-state index contributed by atoms with van der Waals surface area (Å²) in [6.07, 6.45) is -4.99. The number of aromatic nitrogens is 1. The van der Waals surface area contributed by atoms with E-state index in [4.69, 9.17) is 20.8 Å². The van der Waals surface area contributed by atoms with Crippen LogP contribution in [0.5, 0.6) is 11.8 Å². The van der Waals surface area contributed by atoms with Crippen molar-refractivity contribution in [3.63, 3.8) is 0 Å². The molecule has 4 bridgehead atoms. The van der Waals surface area contributed by atoms with Crippen molar-refractivity contribution in [2.45, 2.75) is 83.0 Å². The van der Waals surface area contributed by atoms with Crippen LogP contribution in [0, 0.1) is 17.4 Å². The van der Waals surface area contributed by atoms with Crippen molar-refractivity contribution in [2.24, 2.45) is 10.8 Å². The highest BCUT2D eigenvalue weighted by Gasteiger charge is 2.77. The number of esters is 2. The summed E-state index contributed by atoms with van der Waals surface area (Å²) in [5.74, 6) is -2.30. The topological polar surface area (TPSA) is 112 Å². The van der Waals surface area contributed by atoms with Gasteiger partial charge in [-0.3, -0.25) is 9.36 Å². The van der Waals surface area contributed by atoms with Crippen LogP contribution in [0.2, 0.25) is 0 Å². The summed E-state index contributed by atoms with van der Waals surface area (Å²) in [4.78, 5) is 29.3. The van der Waals surface area contributed by atoms with Crippen molar-refractivity contribution in [1.82, 2.24) is 4.57 Å². The third-order valence-electron chi connectivity index (χ3n) is 10.1. The fraction of sp³-hybridized carbons (Fsp3) is 0.536. The van der Waals surface area contributed by atoms with E-state index < -0.39 is 74.9 Å². The molecule has 2 saturated heterocycles. The number of benzene rings is 1. The van der Waals surface area contributed by atoms with Gasteiger partial charge in [0.1, 0.15) is 17.3 Å². The molecular formula is C28H27F3N2O7. The Kier molecular flexibility index (Phi) is 4.85. The van der Waals surface area contributed by atoms with Crippen LogP contribution < -0.4 is 0 Å². The zero-order chi connectivity index (χ0) is 29.4. The SMILES string of the molecule is [C-]#[N+]c1ccc(-n2c(O)c3c(c2O)C2(C)OC3(C)C[C@@H]2OC(=O)C23CCC(C)(C(=O)O2)C3(C)C)cc1C(F)(F)F. The Morgan fingerprint density at radius 3 is 2.33 bits per heavy atom. The highest BCUT2D eigenvalue weighted by molar-refractivity contribution is 5.93. The zero-order valence-electron chi connectivity index (χ0n) is 22.4. The van der Waals surface area contributed by atoms with Crippen LogP contribution in [0.3, 0.4) is 0 Å². The van der Waals surface area contributed by atoms with Gasteiger partial charge >= 0.3 is 18.1 Å². The second-order valence-corrected chi connectivity index (χ2v) is 12.3. The van der Waals surface area contributed by atoms with Crippen molar-refractivity contribution in [3.05, 3.63) is 46.3 Å². The van der Waals surface area contributed by atoms with Gasteiger partial charge in [-0.25, -0.2) is 9.64 Å². The van der Waals surface area contributed by atoms with Crippen molar-refractivity contribution in [3.8, 4) is 17.4 Å². The third-order valence-corrected chi connectivity index (χ3v) is 10.1. The number of nitrogens with zero attached hydrogens (tertiary/aromatic N) is 2. The van der Waals surface area contributed by atoms with Gasteiger partial charge < -0.3 is 24.4 Å². The van der Waals surface area contributed by atoms with Gasteiger partial charge in [0.15, 0.2) is 5.69 Å². The van der Waals surface area contributed by atoms with Gasteiger partial charge in [-0.1, -0.05) is 19.9 Å². The summed E-state index contributed by atoms with van der Waals surface area (Å²) in [5, 5.41) is 22.5. The maximum Gasteiger partial charge on any atom is 0.407 e. The standard InChI is InChI=1S/C28H27F3N2O7/c1-23(2)24(3)9-10-27(23,39-21(24)36)22(37)38-16-12-25(4)17-18(26(16,5)40-25)20(35)33(19(17)34)13-7-8-15(32-6)14(11-13)28(29,30)31/h7-8,11,16,34-35H,9-10,12H2,1-5H3/t16-,24?,25?,26?,27?/m0/s1. The van der Waals surface area contributed by atoms with E-state index in [9.17, 15) is 33.0 Å². The molecule has 0 amide bonds. The Hall–Kier alpha value is -3.72. The Balaban J connectivity index is 1.40. The summed E-state index contributed by atoms with van der Waals surface area (Å²) in [5.41, 5.74) is -7.72. The van der Waals surface area contributed by atoms with Crippen molar-refractivity contribution in [1.29, 1.82) is 0 Å². The van der Waals surface area contributed by atoms with Crippen LogP contribution in [0.1, 0.15) is 70.6 Å². The van der Waals surface area contributed by atoms with Crippen LogP contribution in [-0.2, 0) is 41.2 Å². The lowest BCUT2D eigenvalue weighted by molar-refractivity contribution is -0.193. The number of aromatic hydroxyl groups is 2. The Morgan fingerprint density at radius 1 is 1.12 bits per heavy atom. The first kappa shape index (κ1) is 26.5. The summed E-state index contributed by atoms with van der Waals surface area (Å²) in [6.45, 7) is 15.6. The largest absolute Gasteiger partial charge is 0.494 e. The molecule has 9 nitrogen and oxygen atoms in total. The van der Waals surface area contributed by atoms with E-state index in [2.05, 4.69) is 4.85 Å². The number of hydrogen-bond donors (Lipinski definition) is 2. The fourth-order valence-electron chi connectivity index (χ4n) is 7.32. The lowest BCUT2D eigenvalue weighted by atomic mass is 9.66. The van der Waals surface area contributed by atoms with E-state index in [-0.39, 0.29) is 23.2 Å². The molecule has 1 aromatic heterocycles. The highest BCUT2D eigenvalue weighted by Crippen LogP contribution is 2.68. The van der Waals surface area contributed by atoms with E-state index in [0.717, 1.165) is 10.6 Å². The molecule has 6 rings (SSSR count). The van der Waals surface area contributed by atoms with E-state index in [1.165, 1.54) is 6.07 Å². The summed E-state index contributed by atoms with van der Waals surface area (Å²) in [7, 11) is 0. The van der Waals surface area contributed by atoms with Crippen LogP contribution >= 0.6 is 0 Å². The lowest BCUT2D eigenvalue weighted by Crippen LogP contribution is -2.51. The first-order valence-corrected chi connectivity index (χ1v) is 12.8. The molecule has 0 spiro atoms. The number of halogens is 3.